The predicted molar refractivity (Wildman–Crippen MR) is 40.8 cm³/mol. The van der Waals surface area contributed by atoms with Crippen LogP contribution in [0.1, 0.15) is 12.7 Å². The van der Waals surface area contributed by atoms with Crippen molar-refractivity contribution in [2.45, 2.75) is 13.5 Å². The minimum atomic E-state index is 0.654. The van der Waals surface area contributed by atoms with Gasteiger partial charge < -0.3 is 9.84 Å². The summed E-state index contributed by atoms with van der Waals surface area (Å²) in [5.41, 5.74) is 0. The first-order chi connectivity index (χ1) is 5.43. The Hall–Kier alpha value is -1.16. The van der Waals surface area contributed by atoms with Crippen LogP contribution in [0.2, 0.25) is 0 Å². The first-order valence-electron chi connectivity index (χ1n) is 3.50. The van der Waals surface area contributed by atoms with Crippen LogP contribution in [0.3, 0.4) is 0 Å². The highest BCUT2D eigenvalue weighted by molar-refractivity contribution is 4.82. The smallest absolute Gasteiger partial charge is 0.213 e. The van der Waals surface area contributed by atoms with Crippen molar-refractivity contribution < 1.29 is 4.52 Å². The molecule has 0 saturated carbocycles. The van der Waals surface area contributed by atoms with Gasteiger partial charge in [0.05, 0.1) is 6.54 Å². The molecule has 0 amide bonds. The number of hydrogen-bond acceptors (Lipinski definition) is 4. The molecule has 4 heteroatoms. The Morgan fingerprint density at radius 2 is 2.64 bits per heavy atom. The molecule has 0 spiro atoms. The molecule has 0 radical (unpaired) electrons. The molecule has 1 N–H and O–H groups in total. The maximum atomic E-state index is 4.55. The molecule has 1 heterocycles. The number of rotatable bonds is 4. The molecule has 0 bridgehead atoms. The van der Waals surface area contributed by atoms with Crippen LogP contribution in [-0.4, -0.2) is 16.7 Å². The molecule has 0 aliphatic carbocycles. The molecule has 0 unspecified atom stereocenters. The maximum Gasteiger partial charge on any atom is 0.213 e. The summed E-state index contributed by atoms with van der Waals surface area (Å²) in [6.45, 7) is 3.47. The lowest BCUT2D eigenvalue weighted by molar-refractivity contribution is 0.408. The Morgan fingerprint density at radius 1 is 1.73 bits per heavy atom. The summed E-state index contributed by atoms with van der Waals surface area (Å²) in [5.74, 6) is 0.689. The summed E-state index contributed by atoms with van der Waals surface area (Å²) < 4.78 is 4.55. The van der Waals surface area contributed by atoms with Crippen LogP contribution in [0.25, 0.3) is 0 Å². The molecule has 0 aromatic carbocycles. The monoisotopic (exact) mass is 153 g/mol. The van der Waals surface area contributed by atoms with E-state index >= 15 is 0 Å². The van der Waals surface area contributed by atoms with Crippen molar-refractivity contribution in [3.05, 3.63) is 24.4 Å². The van der Waals surface area contributed by atoms with Gasteiger partial charge in [0.25, 0.3) is 0 Å². The van der Waals surface area contributed by atoms with E-state index in [0.29, 0.717) is 12.4 Å². The summed E-state index contributed by atoms with van der Waals surface area (Å²) in [7, 11) is 0. The lowest BCUT2D eigenvalue weighted by Gasteiger charge is -1.93. The Balaban J connectivity index is 2.14. The highest BCUT2D eigenvalue weighted by Crippen LogP contribution is 1.85. The fraction of sp³-hybridized carbons (Fsp3) is 0.429. The summed E-state index contributed by atoms with van der Waals surface area (Å²) in [6, 6.07) is 0. The van der Waals surface area contributed by atoms with Crippen LogP contribution in [0.5, 0.6) is 0 Å². The maximum absolute atomic E-state index is 4.55. The van der Waals surface area contributed by atoms with Gasteiger partial charge in [-0.3, -0.25) is 0 Å². The van der Waals surface area contributed by atoms with Gasteiger partial charge in [0.2, 0.25) is 6.39 Å². The normalized spacial score (nSPS) is 11.0. The Kier molecular flexibility index (Phi) is 3.34. The van der Waals surface area contributed by atoms with Crippen molar-refractivity contribution in [3.8, 4) is 0 Å². The lowest BCUT2D eigenvalue weighted by Crippen LogP contribution is -2.13. The molecule has 0 aliphatic heterocycles. The van der Waals surface area contributed by atoms with Gasteiger partial charge in [-0.1, -0.05) is 17.3 Å². The van der Waals surface area contributed by atoms with E-state index in [1.54, 1.807) is 0 Å². The highest BCUT2D eigenvalue weighted by Gasteiger charge is 1.93. The Morgan fingerprint density at radius 3 is 3.27 bits per heavy atom. The highest BCUT2D eigenvalue weighted by atomic mass is 16.5. The van der Waals surface area contributed by atoms with E-state index < -0.39 is 0 Å². The van der Waals surface area contributed by atoms with Crippen LogP contribution >= 0.6 is 0 Å². The van der Waals surface area contributed by atoms with Gasteiger partial charge in [-0.25, -0.2) is 0 Å². The third-order valence-electron chi connectivity index (χ3n) is 1.19. The zero-order valence-electron chi connectivity index (χ0n) is 6.45. The Bertz CT molecular complexity index is 205. The molecule has 0 atom stereocenters. The van der Waals surface area contributed by atoms with Crippen LogP contribution in [0.15, 0.2) is 23.1 Å². The first kappa shape index (κ1) is 7.94. The van der Waals surface area contributed by atoms with Gasteiger partial charge in [-0.05, 0) is 6.92 Å². The van der Waals surface area contributed by atoms with E-state index in [4.69, 9.17) is 0 Å². The number of allylic oxidation sites excluding steroid dienone is 1. The van der Waals surface area contributed by atoms with Crippen molar-refractivity contribution in [1.82, 2.24) is 15.5 Å². The van der Waals surface area contributed by atoms with E-state index in [2.05, 4.69) is 20.0 Å². The van der Waals surface area contributed by atoms with E-state index in [1.807, 2.05) is 19.1 Å². The van der Waals surface area contributed by atoms with E-state index in [-0.39, 0.29) is 0 Å². The second kappa shape index (κ2) is 4.62. The van der Waals surface area contributed by atoms with Gasteiger partial charge >= 0.3 is 0 Å². The standard InChI is InChI=1S/C7H11N3O/c1-2-3-4-8-5-7-9-6-11-10-7/h2-3,6,8H,4-5H2,1H3/b3-2+. The van der Waals surface area contributed by atoms with Gasteiger partial charge in [0.15, 0.2) is 5.82 Å². The largest absolute Gasteiger partial charge is 0.343 e. The molecule has 1 rings (SSSR count). The molecule has 0 aliphatic rings. The average molecular weight is 153 g/mol. The Labute approximate surface area is 65.3 Å². The third-order valence-corrected chi connectivity index (χ3v) is 1.19. The van der Waals surface area contributed by atoms with Crippen molar-refractivity contribution in [2.24, 2.45) is 0 Å². The molecule has 0 fully saturated rings. The van der Waals surface area contributed by atoms with Crippen molar-refractivity contribution in [1.29, 1.82) is 0 Å². The summed E-state index contributed by atoms with van der Waals surface area (Å²) in [5, 5.41) is 6.76. The van der Waals surface area contributed by atoms with E-state index in [0.717, 1.165) is 6.54 Å². The second-order valence-electron chi connectivity index (χ2n) is 2.05. The number of nitrogens with zero attached hydrogens (tertiary/aromatic N) is 2. The van der Waals surface area contributed by atoms with Gasteiger partial charge in [0, 0.05) is 6.54 Å². The predicted octanol–water partition coefficient (Wildman–Crippen LogP) is 0.735. The SMILES string of the molecule is C/C=C/CNCc1ncon1. The molecule has 1 aromatic rings. The zero-order chi connectivity index (χ0) is 7.94. The minimum Gasteiger partial charge on any atom is -0.343 e. The summed E-state index contributed by atoms with van der Waals surface area (Å²) in [6.07, 6.45) is 5.34. The van der Waals surface area contributed by atoms with Crippen LogP contribution in [-0.2, 0) is 6.54 Å². The van der Waals surface area contributed by atoms with Crippen LogP contribution < -0.4 is 5.32 Å². The first-order valence-corrected chi connectivity index (χ1v) is 3.50. The fourth-order valence-corrected chi connectivity index (χ4v) is 0.655. The van der Waals surface area contributed by atoms with E-state index in [1.165, 1.54) is 6.39 Å². The molecular weight excluding hydrogens is 142 g/mol. The second-order valence-corrected chi connectivity index (χ2v) is 2.05. The molecule has 0 saturated heterocycles. The topological polar surface area (TPSA) is 51.0 Å². The number of hydrogen-bond donors (Lipinski definition) is 1. The molecular formula is C7H11N3O. The quantitative estimate of drug-likeness (QED) is 0.512. The van der Waals surface area contributed by atoms with Gasteiger partial charge in [-0.15, -0.1) is 0 Å². The average Bonchev–Trinajstić information content (AvgIpc) is 2.50. The lowest BCUT2D eigenvalue weighted by atomic mass is 10.5. The number of nitrogens with one attached hydrogen (secondary N) is 1. The summed E-state index contributed by atoms with van der Waals surface area (Å²) >= 11 is 0. The zero-order valence-corrected chi connectivity index (χ0v) is 6.45. The van der Waals surface area contributed by atoms with Crippen molar-refractivity contribution in [2.75, 3.05) is 6.54 Å². The van der Waals surface area contributed by atoms with Gasteiger partial charge in [0.1, 0.15) is 0 Å². The van der Waals surface area contributed by atoms with Gasteiger partial charge in [-0.2, -0.15) is 4.98 Å². The third kappa shape index (κ3) is 2.95. The van der Waals surface area contributed by atoms with Crippen molar-refractivity contribution >= 4 is 0 Å². The molecule has 60 valence electrons. The van der Waals surface area contributed by atoms with Crippen LogP contribution in [0, 0.1) is 0 Å². The minimum absolute atomic E-state index is 0.654. The molecule has 1 aromatic heterocycles. The number of aromatic nitrogens is 2. The fourth-order valence-electron chi connectivity index (χ4n) is 0.655. The van der Waals surface area contributed by atoms with Crippen LogP contribution in [0.4, 0.5) is 0 Å². The van der Waals surface area contributed by atoms with Crippen molar-refractivity contribution in [3.63, 3.8) is 0 Å². The molecule has 4 nitrogen and oxygen atoms in total. The molecule has 11 heavy (non-hydrogen) atoms. The van der Waals surface area contributed by atoms with E-state index in [9.17, 15) is 0 Å². The summed E-state index contributed by atoms with van der Waals surface area (Å²) in [4.78, 5) is 3.85.